The average Bonchev–Trinajstić information content (AvgIpc) is 3.35. The van der Waals surface area contributed by atoms with Gasteiger partial charge in [0, 0.05) is 19.3 Å². The van der Waals surface area contributed by atoms with Crippen molar-refractivity contribution >= 4 is 17.9 Å². The van der Waals surface area contributed by atoms with Gasteiger partial charge >= 0.3 is 17.9 Å². The summed E-state index contributed by atoms with van der Waals surface area (Å²) in [6.45, 7) is 6.68. The number of esters is 3. The summed E-state index contributed by atoms with van der Waals surface area (Å²) in [6, 6.07) is 0. The van der Waals surface area contributed by atoms with Crippen molar-refractivity contribution in [2.75, 3.05) is 13.2 Å². The molecule has 1 atom stereocenters. The van der Waals surface area contributed by atoms with E-state index in [4.69, 9.17) is 14.2 Å². The first-order valence-corrected chi connectivity index (χ1v) is 31.5. The van der Waals surface area contributed by atoms with Gasteiger partial charge in [-0.2, -0.15) is 0 Å². The van der Waals surface area contributed by atoms with Gasteiger partial charge in [0.15, 0.2) is 6.10 Å². The minimum Gasteiger partial charge on any atom is -0.462 e. The first-order valence-electron chi connectivity index (χ1n) is 31.5. The fraction of sp³-hybridized carbons (Fsp3) is 0.952. The highest BCUT2D eigenvalue weighted by Gasteiger charge is 2.19. The Bertz CT molecular complexity index is 1030. The van der Waals surface area contributed by atoms with Crippen molar-refractivity contribution in [3.63, 3.8) is 0 Å². The lowest BCUT2D eigenvalue weighted by Gasteiger charge is -2.18. The first kappa shape index (κ1) is 67.4. The van der Waals surface area contributed by atoms with E-state index in [0.29, 0.717) is 19.3 Å². The maximum absolute atomic E-state index is 12.8. The molecular formula is C63H122O6. The van der Waals surface area contributed by atoms with E-state index < -0.39 is 6.10 Å². The second-order valence-corrected chi connectivity index (χ2v) is 21.7. The van der Waals surface area contributed by atoms with E-state index in [9.17, 15) is 14.4 Å². The Morgan fingerprint density at radius 3 is 0.580 bits per heavy atom. The number of hydrogen-bond acceptors (Lipinski definition) is 6. The molecule has 0 aromatic heterocycles. The molecular weight excluding hydrogens is 853 g/mol. The lowest BCUT2D eigenvalue weighted by molar-refractivity contribution is -0.167. The molecule has 0 rings (SSSR count). The van der Waals surface area contributed by atoms with Crippen LogP contribution in [0.4, 0.5) is 0 Å². The van der Waals surface area contributed by atoms with E-state index >= 15 is 0 Å². The lowest BCUT2D eigenvalue weighted by atomic mass is 10.0. The number of rotatable bonds is 59. The van der Waals surface area contributed by atoms with Gasteiger partial charge in [-0.3, -0.25) is 14.4 Å². The van der Waals surface area contributed by atoms with Crippen LogP contribution >= 0.6 is 0 Å². The third-order valence-corrected chi connectivity index (χ3v) is 14.6. The molecule has 0 aliphatic carbocycles. The Morgan fingerprint density at radius 1 is 0.232 bits per heavy atom. The molecule has 0 aromatic rings. The minimum atomic E-state index is -0.760. The fourth-order valence-electron chi connectivity index (χ4n) is 9.86. The Hall–Kier alpha value is -1.59. The van der Waals surface area contributed by atoms with Crippen molar-refractivity contribution in [3.8, 4) is 0 Å². The van der Waals surface area contributed by atoms with Gasteiger partial charge in [-0.15, -0.1) is 0 Å². The fourth-order valence-corrected chi connectivity index (χ4v) is 9.86. The Kier molecular flexibility index (Phi) is 57.6. The number of carbonyl (C=O) groups excluding carboxylic acids is 3. The van der Waals surface area contributed by atoms with Crippen LogP contribution in [0.2, 0.25) is 0 Å². The highest BCUT2D eigenvalue weighted by atomic mass is 16.6. The monoisotopic (exact) mass is 975 g/mol. The molecule has 410 valence electrons. The SMILES string of the molecule is CCCCCCCCCCCCCCCCCCCCCCCCCCCCCCCCC(=O)OCC(COC(=O)CCCCCCCCCCCC)OC(=O)CCCCCCCCCCCCC. The zero-order valence-electron chi connectivity index (χ0n) is 47.1. The third kappa shape index (κ3) is 57.2. The van der Waals surface area contributed by atoms with Crippen LogP contribution in [0.25, 0.3) is 0 Å². The van der Waals surface area contributed by atoms with Gasteiger partial charge < -0.3 is 14.2 Å². The van der Waals surface area contributed by atoms with Gasteiger partial charge in [0.1, 0.15) is 13.2 Å². The predicted molar refractivity (Wildman–Crippen MR) is 298 cm³/mol. The zero-order chi connectivity index (χ0) is 50.0. The molecule has 1 unspecified atom stereocenters. The molecule has 0 heterocycles. The van der Waals surface area contributed by atoms with Crippen LogP contribution in [-0.4, -0.2) is 37.2 Å². The number of ether oxygens (including phenoxy) is 3. The molecule has 0 saturated heterocycles. The molecule has 0 fully saturated rings. The maximum atomic E-state index is 12.8. The molecule has 0 aliphatic heterocycles. The molecule has 0 aromatic carbocycles. The summed E-state index contributed by atoms with van der Waals surface area (Å²) < 4.78 is 16.8. The van der Waals surface area contributed by atoms with Crippen LogP contribution in [-0.2, 0) is 28.6 Å². The molecule has 0 bridgehead atoms. The highest BCUT2D eigenvalue weighted by molar-refractivity contribution is 5.71. The van der Waals surface area contributed by atoms with Gasteiger partial charge in [0.05, 0.1) is 0 Å². The van der Waals surface area contributed by atoms with Crippen molar-refractivity contribution in [1.82, 2.24) is 0 Å². The van der Waals surface area contributed by atoms with Crippen molar-refractivity contribution in [3.05, 3.63) is 0 Å². The molecule has 6 heteroatoms. The minimum absolute atomic E-state index is 0.0616. The largest absolute Gasteiger partial charge is 0.462 e. The van der Waals surface area contributed by atoms with Gasteiger partial charge in [0.25, 0.3) is 0 Å². The third-order valence-electron chi connectivity index (χ3n) is 14.6. The summed E-state index contributed by atoms with van der Waals surface area (Å²) in [5.74, 6) is -0.837. The Morgan fingerprint density at radius 2 is 0.391 bits per heavy atom. The smallest absolute Gasteiger partial charge is 0.306 e. The number of hydrogen-bond donors (Lipinski definition) is 0. The summed E-state index contributed by atoms with van der Waals surface area (Å²) in [5, 5.41) is 0. The maximum Gasteiger partial charge on any atom is 0.306 e. The van der Waals surface area contributed by atoms with Crippen LogP contribution in [0.15, 0.2) is 0 Å². The van der Waals surface area contributed by atoms with Crippen molar-refractivity contribution in [2.24, 2.45) is 0 Å². The second kappa shape index (κ2) is 59.0. The van der Waals surface area contributed by atoms with E-state index in [1.807, 2.05) is 0 Å². The molecule has 0 amide bonds. The van der Waals surface area contributed by atoms with Crippen molar-refractivity contribution in [2.45, 2.75) is 374 Å². The highest BCUT2D eigenvalue weighted by Crippen LogP contribution is 2.18. The molecule has 0 saturated carbocycles. The van der Waals surface area contributed by atoms with E-state index in [1.165, 1.54) is 270 Å². The summed E-state index contributed by atoms with van der Waals surface area (Å²) in [5.41, 5.74) is 0. The molecule has 0 N–H and O–H groups in total. The lowest BCUT2D eigenvalue weighted by Crippen LogP contribution is -2.30. The van der Waals surface area contributed by atoms with Crippen LogP contribution in [0.5, 0.6) is 0 Å². The first-order chi connectivity index (χ1) is 34.0. The molecule has 0 radical (unpaired) electrons. The van der Waals surface area contributed by atoms with Gasteiger partial charge in [-0.25, -0.2) is 0 Å². The quantitative estimate of drug-likeness (QED) is 0.0343. The number of unbranched alkanes of at least 4 members (excludes halogenated alkanes) is 48. The average molecular weight is 976 g/mol. The standard InChI is InChI=1S/C63H122O6/c1-4-7-10-13-16-19-22-23-24-25-26-27-28-29-30-31-32-33-34-35-36-37-38-39-40-42-44-47-50-53-56-62(65)68-59-60(58-67-61(64)55-52-49-46-43-21-18-15-12-9-6-3)69-63(66)57-54-51-48-45-41-20-17-14-11-8-5-2/h60H,4-59H2,1-3H3. The van der Waals surface area contributed by atoms with E-state index in [1.54, 1.807) is 0 Å². The zero-order valence-corrected chi connectivity index (χ0v) is 47.1. The number of carbonyl (C=O) groups is 3. The topological polar surface area (TPSA) is 78.9 Å². The molecule has 69 heavy (non-hydrogen) atoms. The van der Waals surface area contributed by atoms with Gasteiger partial charge in [0.2, 0.25) is 0 Å². The van der Waals surface area contributed by atoms with E-state index in [2.05, 4.69) is 20.8 Å². The van der Waals surface area contributed by atoms with E-state index in [-0.39, 0.29) is 31.1 Å². The summed E-state index contributed by atoms with van der Waals surface area (Å²) >= 11 is 0. The predicted octanol–water partition coefficient (Wildman–Crippen LogP) is 21.1. The normalized spacial score (nSPS) is 11.9. The van der Waals surface area contributed by atoms with Gasteiger partial charge in [-0.1, -0.05) is 329 Å². The van der Waals surface area contributed by atoms with Gasteiger partial charge in [-0.05, 0) is 19.3 Å². The summed E-state index contributed by atoms with van der Waals surface area (Å²) in [4.78, 5) is 38.0. The molecule has 0 spiro atoms. The molecule has 0 aliphatic rings. The summed E-state index contributed by atoms with van der Waals surface area (Å²) in [7, 11) is 0. The second-order valence-electron chi connectivity index (χ2n) is 21.7. The van der Waals surface area contributed by atoms with Crippen LogP contribution in [0.3, 0.4) is 0 Å². The molecule has 6 nitrogen and oxygen atoms in total. The van der Waals surface area contributed by atoms with E-state index in [0.717, 1.165) is 57.8 Å². The van der Waals surface area contributed by atoms with Crippen LogP contribution in [0, 0.1) is 0 Å². The Balaban J connectivity index is 3.97. The van der Waals surface area contributed by atoms with Crippen LogP contribution in [0.1, 0.15) is 367 Å². The summed E-state index contributed by atoms with van der Waals surface area (Å²) in [6.07, 6.45) is 67.1. The van der Waals surface area contributed by atoms with Crippen molar-refractivity contribution < 1.29 is 28.6 Å². The van der Waals surface area contributed by atoms with Crippen molar-refractivity contribution in [1.29, 1.82) is 0 Å². The Labute approximate surface area is 431 Å². The van der Waals surface area contributed by atoms with Crippen LogP contribution < -0.4 is 0 Å².